The lowest BCUT2D eigenvalue weighted by Crippen LogP contribution is -2.26. The first-order valence-corrected chi connectivity index (χ1v) is 6.22. The first kappa shape index (κ1) is 16.2. The average Bonchev–Trinajstić information content (AvgIpc) is 2.71. The van der Waals surface area contributed by atoms with E-state index in [9.17, 15) is 4.79 Å². The molecule has 1 heterocycles. The van der Waals surface area contributed by atoms with Crippen LogP contribution in [0.5, 0.6) is 0 Å². The SMILES string of the molecule is CNCC(=O)Nc1cc(C)nn1Cc1ccccc1.Cl. The smallest absolute Gasteiger partial charge is 0.239 e. The quantitative estimate of drug-likeness (QED) is 0.884. The third-order valence-corrected chi connectivity index (χ3v) is 2.68. The highest BCUT2D eigenvalue weighted by atomic mass is 35.5. The molecule has 1 aromatic carbocycles. The lowest BCUT2D eigenvalue weighted by Gasteiger charge is -2.08. The van der Waals surface area contributed by atoms with Gasteiger partial charge in [-0.2, -0.15) is 5.10 Å². The second-order valence-electron chi connectivity index (χ2n) is 4.39. The number of benzene rings is 1. The lowest BCUT2D eigenvalue weighted by molar-refractivity contribution is -0.115. The minimum absolute atomic E-state index is 0. The summed E-state index contributed by atoms with van der Waals surface area (Å²) in [6.07, 6.45) is 0. The number of nitrogens with zero attached hydrogens (tertiary/aromatic N) is 2. The number of rotatable bonds is 5. The second-order valence-corrected chi connectivity index (χ2v) is 4.39. The highest BCUT2D eigenvalue weighted by molar-refractivity contribution is 5.91. The molecule has 1 aromatic heterocycles. The number of hydrogen-bond donors (Lipinski definition) is 2. The molecule has 0 saturated carbocycles. The van der Waals surface area contributed by atoms with Gasteiger partial charge in [-0.05, 0) is 19.5 Å². The average molecular weight is 295 g/mol. The Labute approximate surface area is 124 Å². The van der Waals surface area contributed by atoms with E-state index in [0.717, 1.165) is 17.1 Å². The summed E-state index contributed by atoms with van der Waals surface area (Å²) >= 11 is 0. The third kappa shape index (κ3) is 4.36. The Morgan fingerprint density at radius 1 is 1.30 bits per heavy atom. The van der Waals surface area contributed by atoms with Crippen LogP contribution in [0.15, 0.2) is 36.4 Å². The number of carbonyl (C=O) groups excluding carboxylic acids is 1. The summed E-state index contributed by atoms with van der Waals surface area (Å²) < 4.78 is 1.80. The maximum absolute atomic E-state index is 11.6. The van der Waals surface area contributed by atoms with E-state index in [2.05, 4.69) is 15.7 Å². The van der Waals surface area contributed by atoms with Crippen molar-refractivity contribution in [1.29, 1.82) is 0 Å². The normalized spacial score (nSPS) is 9.90. The van der Waals surface area contributed by atoms with Crippen LogP contribution in [0, 0.1) is 6.92 Å². The number of aryl methyl sites for hydroxylation is 1. The van der Waals surface area contributed by atoms with Crippen LogP contribution < -0.4 is 10.6 Å². The fourth-order valence-corrected chi connectivity index (χ4v) is 1.87. The third-order valence-electron chi connectivity index (χ3n) is 2.68. The number of amides is 1. The molecule has 0 saturated heterocycles. The zero-order valence-electron chi connectivity index (χ0n) is 11.6. The molecule has 20 heavy (non-hydrogen) atoms. The second kappa shape index (κ2) is 7.67. The van der Waals surface area contributed by atoms with Crippen LogP contribution in [0.1, 0.15) is 11.3 Å². The van der Waals surface area contributed by atoms with Crippen molar-refractivity contribution in [2.45, 2.75) is 13.5 Å². The number of aromatic nitrogens is 2. The number of likely N-dealkylation sites (N-methyl/N-ethyl adjacent to an activating group) is 1. The van der Waals surface area contributed by atoms with Crippen molar-refractivity contribution in [2.75, 3.05) is 18.9 Å². The molecule has 2 N–H and O–H groups in total. The molecule has 2 rings (SSSR count). The van der Waals surface area contributed by atoms with Gasteiger partial charge in [-0.25, -0.2) is 4.68 Å². The molecule has 0 aliphatic carbocycles. The van der Waals surface area contributed by atoms with Gasteiger partial charge in [-0.3, -0.25) is 4.79 Å². The minimum atomic E-state index is -0.0725. The van der Waals surface area contributed by atoms with Crippen LogP contribution in [0.3, 0.4) is 0 Å². The summed E-state index contributed by atoms with van der Waals surface area (Å²) in [6, 6.07) is 11.9. The van der Waals surface area contributed by atoms with Crippen molar-refractivity contribution < 1.29 is 4.79 Å². The predicted molar refractivity (Wildman–Crippen MR) is 82.3 cm³/mol. The number of carbonyl (C=O) groups is 1. The molecule has 1 amide bonds. The summed E-state index contributed by atoms with van der Waals surface area (Å²) in [5.74, 6) is 0.651. The zero-order valence-corrected chi connectivity index (χ0v) is 12.4. The fraction of sp³-hybridized carbons (Fsp3) is 0.286. The molecule has 0 atom stereocenters. The lowest BCUT2D eigenvalue weighted by atomic mass is 10.2. The highest BCUT2D eigenvalue weighted by Gasteiger charge is 2.09. The van der Waals surface area contributed by atoms with Crippen LogP contribution in [0.25, 0.3) is 0 Å². The molecule has 0 bridgehead atoms. The zero-order chi connectivity index (χ0) is 13.7. The van der Waals surface area contributed by atoms with E-state index in [4.69, 9.17) is 0 Å². The topological polar surface area (TPSA) is 59.0 Å². The molecule has 0 aliphatic heterocycles. The molecule has 5 nitrogen and oxygen atoms in total. The summed E-state index contributed by atoms with van der Waals surface area (Å²) in [7, 11) is 1.74. The highest BCUT2D eigenvalue weighted by Crippen LogP contribution is 2.12. The van der Waals surface area contributed by atoms with Crippen LogP contribution in [-0.4, -0.2) is 29.3 Å². The first-order valence-electron chi connectivity index (χ1n) is 6.22. The predicted octanol–water partition coefficient (Wildman–Crippen LogP) is 1.82. The summed E-state index contributed by atoms with van der Waals surface area (Å²) in [6.45, 7) is 2.84. The van der Waals surface area contributed by atoms with Crippen molar-refractivity contribution in [3.05, 3.63) is 47.7 Å². The van der Waals surface area contributed by atoms with Crippen molar-refractivity contribution in [3.63, 3.8) is 0 Å². The van der Waals surface area contributed by atoms with Crippen LogP contribution >= 0.6 is 12.4 Å². The Kier molecular flexibility index (Phi) is 6.21. The van der Waals surface area contributed by atoms with Gasteiger partial charge >= 0.3 is 0 Å². The standard InChI is InChI=1S/C14H18N4O.ClH/c1-11-8-13(16-14(19)9-15-2)18(17-11)10-12-6-4-3-5-7-12;/h3-8,15H,9-10H2,1-2H3,(H,16,19);1H. The summed E-state index contributed by atoms with van der Waals surface area (Å²) in [5, 5.41) is 10.1. The van der Waals surface area contributed by atoms with Gasteiger partial charge in [0.05, 0.1) is 18.8 Å². The molecule has 2 aromatic rings. The van der Waals surface area contributed by atoms with Gasteiger partial charge in [0.2, 0.25) is 5.91 Å². The molecule has 0 unspecified atom stereocenters. The van der Waals surface area contributed by atoms with E-state index < -0.39 is 0 Å². The van der Waals surface area contributed by atoms with E-state index in [-0.39, 0.29) is 24.9 Å². The van der Waals surface area contributed by atoms with Gasteiger partial charge in [-0.1, -0.05) is 30.3 Å². The molecule has 0 radical (unpaired) electrons. The fourth-order valence-electron chi connectivity index (χ4n) is 1.87. The maximum atomic E-state index is 11.6. The van der Waals surface area contributed by atoms with Crippen molar-refractivity contribution in [2.24, 2.45) is 0 Å². The monoisotopic (exact) mass is 294 g/mol. The van der Waals surface area contributed by atoms with Crippen LogP contribution in [0.2, 0.25) is 0 Å². The van der Waals surface area contributed by atoms with Crippen LogP contribution in [0.4, 0.5) is 5.82 Å². The maximum Gasteiger partial charge on any atom is 0.239 e. The van der Waals surface area contributed by atoms with Crippen molar-refractivity contribution in [1.82, 2.24) is 15.1 Å². The number of nitrogens with one attached hydrogen (secondary N) is 2. The van der Waals surface area contributed by atoms with E-state index >= 15 is 0 Å². The number of hydrogen-bond acceptors (Lipinski definition) is 3. The van der Waals surface area contributed by atoms with Crippen LogP contribution in [-0.2, 0) is 11.3 Å². The van der Waals surface area contributed by atoms with Gasteiger partial charge in [-0.15, -0.1) is 12.4 Å². The Morgan fingerprint density at radius 3 is 2.65 bits per heavy atom. The molecule has 0 aliphatic rings. The van der Waals surface area contributed by atoms with Gasteiger partial charge < -0.3 is 10.6 Å². The van der Waals surface area contributed by atoms with Gasteiger partial charge in [0, 0.05) is 6.07 Å². The summed E-state index contributed by atoms with van der Waals surface area (Å²) in [5.41, 5.74) is 2.03. The largest absolute Gasteiger partial charge is 0.311 e. The van der Waals surface area contributed by atoms with E-state index in [1.54, 1.807) is 11.7 Å². The van der Waals surface area contributed by atoms with Gasteiger partial charge in [0.25, 0.3) is 0 Å². The van der Waals surface area contributed by atoms with Gasteiger partial charge in [0.15, 0.2) is 0 Å². The minimum Gasteiger partial charge on any atom is -0.311 e. The van der Waals surface area contributed by atoms with Crippen molar-refractivity contribution >= 4 is 24.1 Å². The summed E-state index contributed by atoms with van der Waals surface area (Å²) in [4.78, 5) is 11.6. The first-order chi connectivity index (χ1) is 9.19. The molecule has 108 valence electrons. The molecular formula is C14H19ClN4O. The Hall–Kier alpha value is -1.85. The molecule has 0 fully saturated rings. The van der Waals surface area contributed by atoms with E-state index in [1.807, 2.05) is 43.3 Å². The van der Waals surface area contributed by atoms with E-state index in [0.29, 0.717) is 6.54 Å². The Bertz CT molecular complexity index is 554. The van der Waals surface area contributed by atoms with Crippen molar-refractivity contribution in [3.8, 4) is 0 Å². The molecule has 6 heteroatoms. The number of halogens is 1. The Balaban J connectivity index is 0.00000200. The molecule has 0 spiro atoms. The number of anilines is 1. The molecular weight excluding hydrogens is 276 g/mol. The van der Waals surface area contributed by atoms with Gasteiger partial charge in [0.1, 0.15) is 5.82 Å². The van der Waals surface area contributed by atoms with E-state index in [1.165, 1.54) is 0 Å². The Morgan fingerprint density at radius 2 is 2.00 bits per heavy atom.